The SMILES string of the molecule is c1ccc(-c2nc(-c3ccccc3)nc(-c3ccc4c(c3)oc3cc(-n5c6ccccc6c6c(-c7ccccc7)cccc65)ccc34)n2)cc1. The lowest BCUT2D eigenvalue weighted by atomic mass is 9.99. The highest BCUT2D eigenvalue weighted by Crippen LogP contribution is 2.40. The van der Waals surface area contributed by atoms with Gasteiger partial charge in [0.25, 0.3) is 0 Å². The number of furan rings is 1. The van der Waals surface area contributed by atoms with Crippen molar-refractivity contribution in [1.29, 1.82) is 0 Å². The molecule has 0 amide bonds. The Balaban J connectivity index is 1.12. The zero-order valence-corrected chi connectivity index (χ0v) is 26.9. The molecule has 0 fully saturated rings. The molecular weight excluding hydrogens is 613 g/mol. The average molecular weight is 641 g/mol. The number of nitrogens with zero attached hydrogens (tertiary/aromatic N) is 4. The molecule has 0 N–H and O–H groups in total. The van der Waals surface area contributed by atoms with Crippen LogP contribution < -0.4 is 0 Å². The predicted molar refractivity (Wildman–Crippen MR) is 203 cm³/mol. The Morgan fingerprint density at radius 3 is 1.60 bits per heavy atom. The van der Waals surface area contributed by atoms with Crippen molar-refractivity contribution < 1.29 is 4.42 Å². The fourth-order valence-corrected chi connectivity index (χ4v) is 7.14. The molecule has 0 saturated carbocycles. The van der Waals surface area contributed by atoms with Crippen LogP contribution in [0.3, 0.4) is 0 Å². The van der Waals surface area contributed by atoms with Gasteiger partial charge in [0.15, 0.2) is 17.5 Å². The monoisotopic (exact) mass is 640 g/mol. The van der Waals surface area contributed by atoms with Gasteiger partial charge in [-0.15, -0.1) is 0 Å². The fraction of sp³-hybridized carbons (Fsp3) is 0. The van der Waals surface area contributed by atoms with E-state index in [9.17, 15) is 0 Å². The maximum atomic E-state index is 6.62. The van der Waals surface area contributed by atoms with Crippen molar-refractivity contribution in [3.05, 3.63) is 170 Å². The summed E-state index contributed by atoms with van der Waals surface area (Å²) in [5, 5.41) is 4.57. The molecule has 0 bridgehead atoms. The maximum Gasteiger partial charge on any atom is 0.164 e. The molecule has 0 radical (unpaired) electrons. The van der Waals surface area contributed by atoms with E-state index >= 15 is 0 Å². The summed E-state index contributed by atoms with van der Waals surface area (Å²) in [5.41, 5.74) is 10.1. The van der Waals surface area contributed by atoms with Gasteiger partial charge in [-0.1, -0.05) is 127 Å². The first-order chi connectivity index (χ1) is 24.8. The van der Waals surface area contributed by atoms with E-state index in [4.69, 9.17) is 19.4 Å². The van der Waals surface area contributed by atoms with Crippen LogP contribution in [0.15, 0.2) is 174 Å². The molecule has 0 atom stereocenters. The van der Waals surface area contributed by atoms with Crippen LogP contribution in [0.4, 0.5) is 0 Å². The van der Waals surface area contributed by atoms with Gasteiger partial charge in [-0.25, -0.2) is 15.0 Å². The third kappa shape index (κ3) is 4.60. The van der Waals surface area contributed by atoms with E-state index < -0.39 is 0 Å². The summed E-state index contributed by atoms with van der Waals surface area (Å²) in [6.07, 6.45) is 0. The van der Waals surface area contributed by atoms with E-state index in [1.54, 1.807) is 0 Å². The van der Waals surface area contributed by atoms with Gasteiger partial charge in [0, 0.05) is 50.0 Å². The number of para-hydroxylation sites is 1. The lowest BCUT2D eigenvalue weighted by Gasteiger charge is -2.09. The molecular formula is C45H28N4O. The van der Waals surface area contributed by atoms with Gasteiger partial charge in [-0.2, -0.15) is 0 Å². The molecule has 0 unspecified atom stereocenters. The number of hydrogen-bond donors (Lipinski definition) is 0. The van der Waals surface area contributed by atoms with E-state index in [1.165, 1.54) is 21.9 Å². The minimum absolute atomic E-state index is 0.597. The van der Waals surface area contributed by atoms with Crippen LogP contribution in [-0.2, 0) is 0 Å². The molecule has 10 rings (SSSR count). The zero-order chi connectivity index (χ0) is 33.0. The normalized spacial score (nSPS) is 11.6. The molecule has 10 aromatic rings. The standard InChI is InChI=1S/C45H28N4O/c1-4-13-29(14-5-1)34-20-12-22-39-42(34)37-19-10-11-21-38(37)49(39)33-24-26-36-35-25-23-32(27-40(35)50-41(36)28-33)45-47-43(30-15-6-2-7-16-30)46-44(48-45)31-17-8-3-9-18-31/h1-28H. The first-order valence-corrected chi connectivity index (χ1v) is 16.7. The lowest BCUT2D eigenvalue weighted by molar-refractivity contribution is 0.668. The van der Waals surface area contributed by atoms with Crippen molar-refractivity contribution in [2.75, 3.05) is 0 Å². The molecule has 5 heteroatoms. The average Bonchev–Trinajstić information content (AvgIpc) is 3.73. The van der Waals surface area contributed by atoms with Crippen LogP contribution >= 0.6 is 0 Å². The molecule has 0 aliphatic carbocycles. The van der Waals surface area contributed by atoms with Crippen molar-refractivity contribution in [3.63, 3.8) is 0 Å². The quantitative estimate of drug-likeness (QED) is 0.188. The molecule has 50 heavy (non-hydrogen) atoms. The molecule has 234 valence electrons. The maximum absolute atomic E-state index is 6.62. The minimum atomic E-state index is 0.597. The second kappa shape index (κ2) is 11.4. The van der Waals surface area contributed by atoms with E-state index in [0.29, 0.717) is 17.5 Å². The molecule has 3 aromatic heterocycles. The van der Waals surface area contributed by atoms with Crippen molar-refractivity contribution >= 4 is 43.7 Å². The van der Waals surface area contributed by atoms with Crippen molar-refractivity contribution in [2.24, 2.45) is 0 Å². The van der Waals surface area contributed by atoms with Gasteiger partial charge in [0.1, 0.15) is 11.2 Å². The number of fused-ring (bicyclic) bond motifs is 6. The molecule has 5 nitrogen and oxygen atoms in total. The summed E-state index contributed by atoms with van der Waals surface area (Å²) in [6, 6.07) is 58.6. The second-order valence-corrected chi connectivity index (χ2v) is 12.5. The summed E-state index contributed by atoms with van der Waals surface area (Å²) >= 11 is 0. The van der Waals surface area contributed by atoms with Crippen molar-refractivity contribution in [1.82, 2.24) is 19.5 Å². The number of benzene rings is 7. The Kier molecular flexibility index (Phi) is 6.42. The molecule has 3 heterocycles. The van der Waals surface area contributed by atoms with Gasteiger partial charge in [0.05, 0.1) is 11.0 Å². The first-order valence-electron chi connectivity index (χ1n) is 16.7. The van der Waals surface area contributed by atoms with Gasteiger partial charge in [0.2, 0.25) is 0 Å². The Morgan fingerprint density at radius 2 is 0.920 bits per heavy atom. The first kappa shape index (κ1) is 28.2. The highest BCUT2D eigenvalue weighted by atomic mass is 16.3. The fourth-order valence-electron chi connectivity index (χ4n) is 7.14. The van der Waals surface area contributed by atoms with Gasteiger partial charge < -0.3 is 8.98 Å². The summed E-state index contributed by atoms with van der Waals surface area (Å²) in [4.78, 5) is 14.7. The number of aromatic nitrogens is 4. The summed E-state index contributed by atoms with van der Waals surface area (Å²) < 4.78 is 8.96. The van der Waals surface area contributed by atoms with E-state index in [0.717, 1.165) is 55.3 Å². The van der Waals surface area contributed by atoms with Crippen LogP contribution in [0, 0.1) is 0 Å². The third-order valence-corrected chi connectivity index (χ3v) is 9.46. The van der Waals surface area contributed by atoms with E-state index in [-0.39, 0.29) is 0 Å². The Hall–Kier alpha value is -6.85. The molecule has 0 spiro atoms. The second-order valence-electron chi connectivity index (χ2n) is 12.5. The van der Waals surface area contributed by atoms with Crippen LogP contribution in [0.25, 0.3) is 94.7 Å². The van der Waals surface area contributed by atoms with Crippen molar-refractivity contribution in [2.45, 2.75) is 0 Å². The van der Waals surface area contributed by atoms with E-state index in [2.05, 4.69) is 108 Å². The summed E-state index contributed by atoms with van der Waals surface area (Å²) in [5.74, 6) is 1.86. The van der Waals surface area contributed by atoms with Crippen LogP contribution in [0.5, 0.6) is 0 Å². The summed E-state index contributed by atoms with van der Waals surface area (Å²) in [6.45, 7) is 0. The van der Waals surface area contributed by atoms with Gasteiger partial charge in [-0.3, -0.25) is 0 Å². The van der Waals surface area contributed by atoms with Gasteiger partial charge >= 0.3 is 0 Å². The Morgan fingerprint density at radius 1 is 0.380 bits per heavy atom. The molecule has 0 aliphatic heterocycles. The van der Waals surface area contributed by atoms with Crippen LogP contribution in [0.1, 0.15) is 0 Å². The highest BCUT2D eigenvalue weighted by Gasteiger charge is 2.18. The lowest BCUT2D eigenvalue weighted by Crippen LogP contribution is -2.00. The minimum Gasteiger partial charge on any atom is -0.456 e. The smallest absolute Gasteiger partial charge is 0.164 e. The molecule has 0 aliphatic rings. The Bertz CT molecular complexity index is 2800. The highest BCUT2D eigenvalue weighted by molar-refractivity contribution is 6.16. The third-order valence-electron chi connectivity index (χ3n) is 9.46. The van der Waals surface area contributed by atoms with Crippen LogP contribution in [0.2, 0.25) is 0 Å². The topological polar surface area (TPSA) is 56.7 Å². The molecule has 7 aromatic carbocycles. The summed E-state index contributed by atoms with van der Waals surface area (Å²) in [7, 11) is 0. The number of hydrogen-bond acceptors (Lipinski definition) is 4. The Labute approximate surface area is 287 Å². The van der Waals surface area contributed by atoms with Crippen LogP contribution in [-0.4, -0.2) is 19.5 Å². The predicted octanol–water partition coefficient (Wildman–Crippen LogP) is 11.5. The number of rotatable bonds is 5. The van der Waals surface area contributed by atoms with Gasteiger partial charge in [-0.05, 0) is 47.5 Å². The van der Waals surface area contributed by atoms with E-state index in [1.807, 2.05) is 66.7 Å². The largest absolute Gasteiger partial charge is 0.456 e. The van der Waals surface area contributed by atoms with Crippen molar-refractivity contribution in [3.8, 4) is 51.0 Å². The molecule has 0 saturated heterocycles. The zero-order valence-electron chi connectivity index (χ0n) is 26.9.